The summed E-state index contributed by atoms with van der Waals surface area (Å²) >= 11 is 0. The van der Waals surface area contributed by atoms with E-state index >= 15 is 0 Å². The second kappa shape index (κ2) is 10.1. The topological polar surface area (TPSA) is 91.3 Å². The molecule has 3 N–H and O–H groups in total. The Balaban J connectivity index is 1.43. The van der Waals surface area contributed by atoms with Crippen molar-refractivity contribution >= 4 is 11.8 Å². The molecule has 3 fully saturated rings. The first-order valence-corrected chi connectivity index (χ1v) is 13.0. The number of fused-ring (bicyclic) bond motifs is 1. The first-order valence-electron chi connectivity index (χ1n) is 13.0. The van der Waals surface area contributed by atoms with Crippen LogP contribution in [-0.2, 0) is 4.79 Å². The monoisotopic (exact) mass is 455 g/mol. The molecule has 1 heterocycles. The maximum absolute atomic E-state index is 13.1. The Bertz CT molecular complexity index is 825. The molecule has 1 aromatic heterocycles. The number of carbonyl (C=O) groups is 2. The fourth-order valence-corrected chi connectivity index (χ4v) is 7.01. The van der Waals surface area contributed by atoms with Crippen molar-refractivity contribution < 1.29 is 14.7 Å². The molecule has 7 atom stereocenters. The molecule has 182 valence electrons. The predicted octanol–water partition coefficient (Wildman–Crippen LogP) is 4.09. The highest BCUT2D eigenvalue weighted by Crippen LogP contribution is 2.55. The number of nitrogens with one attached hydrogen (secondary N) is 2. The second-order valence-electron chi connectivity index (χ2n) is 11.2. The molecule has 3 aliphatic carbocycles. The van der Waals surface area contributed by atoms with E-state index in [-0.39, 0.29) is 46.9 Å². The lowest BCUT2D eigenvalue weighted by molar-refractivity contribution is -0.142. The van der Waals surface area contributed by atoms with Crippen LogP contribution in [0.3, 0.4) is 0 Å². The lowest BCUT2D eigenvalue weighted by Crippen LogP contribution is -2.58. The molecular formula is C27H41N3O3. The van der Waals surface area contributed by atoms with Crippen LogP contribution in [-0.4, -0.2) is 40.1 Å². The standard InChI is InChI=1S/C27H41N3O3/c1-17(25(32)29-19-9-5-4-6-10-19)20-12-14-27(3)15-13-21(18(2)23(27)24(20)31)30-26(33)22-11-7-8-16-28-22/h7-8,11,16-21,23-24,31H,4-6,9-10,12-15H2,1-3H3,(H,29,32)(H,30,33)/t17-,18-,20-,21-,23+,24-,27+/m0/s1. The van der Waals surface area contributed by atoms with Gasteiger partial charge < -0.3 is 15.7 Å². The van der Waals surface area contributed by atoms with E-state index in [4.69, 9.17) is 0 Å². The van der Waals surface area contributed by atoms with Crippen LogP contribution < -0.4 is 10.6 Å². The summed E-state index contributed by atoms with van der Waals surface area (Å²) in [6.45, 7) is 6.43. The van der Waals surface area contributed by atoms with Gasteiger partial charge in [0, 0.05) is 24.2 Å². The van der Waals surface area contributed by atoms with Crippen LogP contribution in [0, 0.1) is 29.1 Å². The summed E-state index contributed by atoms with van der Waals surface area (Å²) in [6.07, 6.45) is 10.7. The van der Waals surface area contributed by atoms with Crippen LogP contribution in [0.5, 0.6) is 0 Å². The quantitative estimate of drug-likeness (QED) is 0.624. The Morgan fingerprint density at radius 2 is 1.82 bits per heavy atom. The molecule has 6 nitrogen and oxygen atoms in total. The van der Waals surface area contributed by atoms with Crippen molar-refractivity contribution in [3.05, 3.63) is 30.1 Å². The van der Waals surface area contributed by atoms with Crippen molar-refractivity contribution in [1.82, 2.24) is 15.6 Å². The number of hydrogen-bond donors (Lipinski definition) is 3. The van der Waals surface area contributed by atoms with Gasteiger partial charge in [0.25, 0.3) is 5.91 Å². The molecule has 4 rings (SSSR count). The van der Waals surface area contributed by atoms with Gasteiger partial charge in [0.05, 0.1) is 6.10 Å². The molecule has 0 unspecified atom stereocenters. The van der Waals surface area contributed by atoms with Crippen molar-refractivity contribution in [3.63, 3.8) is 0 Å². The Hall–Kier alpha value is -1.95. The van der Waals surface area contributed by atoms with Crippen molar-refractivity contribution in [1.29, 1.82) is 0 Å². The zero-order valence-corrected chi connectivity index (χ0v) is 20.4. The number of pyridine rings is 1. The Kier molecular flexibility index (Phi) is 7.42. The van der Waals surface area contributed by atoms with Gasteiger partial charge in [-0.2, -0.15) is 0 Å². The number of rotatable bonds is 5. The average Bonchev–Trinajstić information content (AvgIpc) is 2.82. The van der Waals surface area contributed by atoms with Crippen molar-refractivity contribution in [2.75, 3.05) is 0 Å². The van der Waals surface area contributed by atoms with Crippen molar-refractivity contribution in [2.45, 2.75) is 96.7 Å². The van der Waals surface area contributed by atoms with Gasteiger partial charge in [0.15, 0.2) is 0 Å². The van der Waals surface area contributed by atoms with E-state index in [1.54, 1.807) is 18.3 Å². The van der Waals surface area contributed by atoms with E-state index in [0.717, 1.165) is 38.5 Å². The van der Waals surface area contributed by atoms with Crippen molar-refractivity contribution in [2.24, 2.45) is 29.1 Å². The van der Waals surface area contributed by atoms with E-state index in [2.05, 4.69) is 29.5 Å². The zero-order chi connectivity index (χ0) is 23.6. The van der Waals surface area contributed by atoms with Gasteiger partial charge in [-0.3, -0.25) is 14.6 Å². The van der Waals surface area contributed by atoms with E-state index < -0.39 is 6.10 Å². The molecule has 3 saturated carbocycles. The Labute approximate surface area is 198 Å². The zero-order valence-electron chi connectivity index (χ0n) is 20.4. The maximum Gasteiger partial charge on any atom is 0.270 e. The third-order valence-corrected chi connectivity index (χ3v) is 9.11. The summed E-state index contributed by atoms with van der Waals surface area (Å²) in [7, 11) is 0. The van der Waals surface area contributed by atoms with Gasteiger partial charge >= 0.3 is 0 Å². The minimum absolute atomic E-state index is 0.00245. The lowest BCUT2D eigenvalue weighted by atomic mass is 9.51. The number of aliphatic hydroxyl groups is 1. The molecule has 0 spiro atoms. The van der Waals surface area contributed by atoms with Crippen LogP contribution >= 0.6 is 0 Å². The van der Waals surface area contributed by atoms with Gasteiger partial charge in [-0.05, 0) is 73.8 Å². The summed E-state index contributed by atoms with van der Waals surface area (Å²) in [5.74, 6) is -0.121. The van der Waals surface area contributed by atoms with Crippen LogP contribution in [0.4, 0.5) is 0 Å². The Morgan fingerprint density at radius 3 is 2.52 bits per heavy atom. The number of carbonyl (C=O) groups excluding carboxylic acids is 2. The number of amides is 2. The molecule has 0 aliphatic heterocycles. The number of aliphatic hydroxyl groups excluding tert-OH is 1. The highest BCUT2D eigenvalue weighted by molar-refractivity contribution is 5.92. The van der Waals surface area contributed by atoms with Crippen LogP contribution in [0.2, 0.25) is 0 Å². The number of aromatic nitrogens is 1. The molecule has 33 heavy (non-hydrogen) atoms. The largest absolute Gasteiger partial charge is 0.392 e. The number of nitrogens with zero attached hydrogens (tertiary/aromatic N) is 1. The van der Waals surface area contributed by atoms with Gasteiger partial charge in [-0.15, -0.1) is 0 Å². The summed E-state index contributed by atoms with van der Waals surface area (Å²) in [5.41, 5.74) is 0.467. The normalized spacial score (nSPS) is 35.8. The van der Waals surface area contributed by atoms with E-state index in [1.807, 2.05) is 13.0 Å². The minimum Gasteiger partial charge on any atom is -0.392 e. The second-order valence-corrected chi connectivity index (χ2v) is 11.2. The van der Waals surface area contributed by atoms with Crippen molar-refractivity contribution in [3.8, 4) is 0 Å². The summed E-state index contributed by atoms with van der Waals surface area (Å²) in [5, 5.41) is 18.0. The number of hydrogen-bond acceptors (Lipinski definition) is 4. The maximum atomic E-state index is 13.1. The molecule has 3 aliphatic rings. The van der Waals surface area contributed by atoms with Gasteiger partial charge in [-0.25, -0.2) is 0 Å². The summed E-state index contributed by atoms with van der Waals surface area (Å²) in [6, 6.07) is 5.64. The fourth-order valence-electron chi connectivity index (χ4n) is 7.01. The third kappa shape index (κ3) is 5.11. The van der Waals surface area contributed by atoms with Crippen LogP contribution in [0.25, 0.3) is 0 Å². The highest BCUT2D eigenvalue weighted by atomic mass is 16.3. The SMILES string of the molecule is C[C@@H]1[C@@H]2[C@@H](O)[C@H]([C@H](C)C(=O)NC3CCCCC3)CC[C@]2(C)CC[C@@H]1NC(=O)c1ccccn1. The van der Waals surface area contributed by atoms with Gasteiger partial charge in [0.2, 0.25) is 5.91 Å². The molecule has 2 amide bonds. The molecule has 0 saturated heterocycles. The first-order chi connectivity index (χ1) is 15.8. The van der Waals surface area contributed by atoms with Crippen LogP contribution in [0.15, 0.2) is 24.4 Å². The molecule has 0 radical (unpaired) electrons. The third-order valence-electron chi connectivity index (χ3n) is 9.11. The van der Waals surface area contributed by atoms with Crippen LogP contribution in [0.1, 0.15) is 89.0 Å². The highest BCUT2D eigenvalue weighted by Gasteiger charge is 2.54. The lowest BCUT2D eigenvalue weighted by Gasteiger charge is -2.56. The van der Waals surface area contributed by atoms with Gasteiger partial charge in [0.1, 0.15) is 5.69 Å². The van der Waals surface area contributed by atoms with E-state index in [0.29, 0.717) is 11.7 Å². The minimum atomic E-state index is -0.541. The fraction of sp³-hybridized carbons (Fsp3) is 0.741. The molecule has 1 aromatic rings. The molecular weight excluding hydrogens is 414 g/mol. The van der Waals surface area contributed by atoms with E-state index in [1.165, 1.54) is 19.3 Å². The Morgan fingerprint density at radius 1 is 1.09 bits per heavy atom. The van der Waals surface area contributed by atoms with Gasteiger partial charge in [-0.1, -0.05) is 46.1 Å². The molecule has 6 heteroatoms. The van der Waals surface area contributed by atoms with E-state index in [9.17, 15) is 14.7 Å². The summed E-state index contributed by atoms with van der Waals surface area (Å²) in [4.78, 5) is 30.0. The summed E-state index contributed by atoms with van der Waals surface area (Å²) < 4.78 is 0. The molecule has 0 aromatic carbocycles. The molecule has 0 bridgehead atoms. The first kappa shape index (κ1) is 24.2. The smallest absolute Gasteiger partial charge is 0.270 e. The average molecular weight is 456 g/mol. The predicted molar refractivity (Wildman–Crippen MR) is 128 cm³/mol.